The molecule has 4 amide bonds. The molecule has 132 valence electrons. The third-order valence-corrected chi connectivity index (χ3v) is 4.11. The van der Waals surface area contributed by atoms with Gasteiger partial charge in [-0.15, -0.1) is 0 Å². The van der Waals surface area contributed by atoms with Crippen LogP contribution < -0.4 is 0 Å². The highest BCUT2D eigenvalue weighted by Gasteiger charge is 2.37. The molecule has 1 saturated heterocycles. The van der Waals surface area contributed by atoms with E-state index in [1.807, 2.05) is 0 Å². The molecule has 0 atom stereocenters. The summed E-state index contributed by atoms with van der Waals surface area (Å²) >= 11 is 0. The van der Waals surface area contributed by atoms with Crippen LogP contribution in [0.15, 0.2) is 48.2 Å². The molecule has 0 aliphatic carbocycles. The highest BCUT2D eigenvalue weighted by molar-refractivity contribution is 6.30. The summed E-state index contributed by atoms with van der Waals surface area (Å²) in [5, 5.41) is 8.98. The van der Waals surface area contributed by atoms with Gasteiger partial charge in [0.2, 0.25) is 0 Å². The molecule has 1 N–H and O–H groups in total. The summed E-state index contributed by atoms with van der Waals surface area (Å²) in [5.74, 6) is -2.38. The van der Waals surface area contributed by atoms with Crippen molar-refractivity contribution in [3.05, 3.63) is 59.4 Å². The zero-order valence-corrected chi connectivity index (χ0v) is 14.0. The van der Waals surface area contributed by atoms with Gasteiger partial charge >= 0.3 is 12.0 Å². The number of urea groups is 1. The number of carboxylic acids is 1. The maximum Gasteiger partial charge on any atom is 0.335 e. The van der Waals surface area contributed by atoms with Gasteiger partial charge in [-0.1, -0.05) is 0 Å². The van der Waals surface area contributed by atoms with Crippen LogP contribution >= 0.6 is 0 Å². The number of hydrogen-bond donors (Lipinski definition) is 1. The summed E-state index contributed by atoms with van der Waals surface area (Å²) < 4.78 is 1.70. The van der Waals surface area contributed by atoms with Crippen molar-refractivity contribution >= 4 is 29.9 Å². The average molecular weight is 353 g/mol. The number of imide groups is 2. The van der Waals surface area contributed by atoms with Crippen LogP contribution in [0.4, 0.5) is 4.79 Å². The van der Waals surface area contributed by atoms with Gasteiger partial charge in [0.15, 0.2) is 0 Å². The van der Waals surface area contributed by atoms with E-state index in [4.69, 9.17) is 5.11 Å². The Balaban J connectivity index is 2.02. The average Bonchev–Trinajstić information content (AvgIpc) is 3.10. The van der Waals surface area contributed by atoms with Crippen LogP contribution in [0, 0.1) is 0 Å². The highest BCUT2D eigenvalue weighted by Crippen LogP contribution is 2.20. The van der Waals surface area contributed by atoms with E-state index >= 15 is 0 Å². The van der Waals surface area contributed by atoms with Crippen molar-refractivity contribution in [3.8, 4) is 5.69 Å². The van der Waals surface area contributed by atoms with E-state index in [-0.39, 0.29) is 11.1 Å². The van der Waals surface area contributed by atoms with E-state index in [1.54, 1.807) is 35.0 Å². The molecular weight excluding hydrogens is 338 g/mol. The van der Waals surface area contributed by atoms with Crippen molar-refractivity contribution in [1.29, 1.82) is 0 Å². The number of nitrogens with zero attached hydrogens (tertiary/aromatic N) is 3. The molecule has 2 aromatic rings. The molecule has 0 bridgehead atoms. The predicted octanol–water partition coefficient (Wildman–Crippen LogP) is 1.61. The minimum atomic E-state index is -1.03. The van der Waals surface area contributed by atoms with Crippen molar-refractivity contribution in [2.75, 3.05) is 14.1 Å². The molecule has 1 aromatic heterocycles. The van der Waals surface area contributed by atoms with E-state index in [0.29, 0.717) is 11.4 Å². The molecule has 2 heterocycles. The summed E-state index contributed by atoms with van der Waals surface area (Å²) in [6, 6.07) is 8.92. The Morgan fingerprint density at radius 3 is 2.08 bits per heavy atom. The number of amides is 4. The van der Waals surface area contributed by atoms with Gasteiger partial charge in [0.05, 0.1) is 5.56 Å². The summed E-state index contributed by atoms with van der Waals surface area (Å²) in [4.78, 5) is 49.1. The van der Waals surface area contributed by atoms with Gasteiger partial charge in [-0.3, -0.25) is 19.4 Å². The van der Waals surface area contributed by atoms with E-state index < -0.39 is 23.8 Å². The number of hydrogen-bond acceptors (Lipinski definition) is 4. The highest BCUT2D eigenvalue weighted by atomic mass is 16.4. The molecule has 1 fully saturated rings. The van der Waals surface area contributed by atoms with Gasteiger partial charge < -0.3 is 9.67 Å². The van der Waals surface area contributed by atoms with Crippen LogP contribution in [-0.2, 0) is 9.59 Å². The number of benzene rings is 1. The molecule has 0 spiro atoms. The maximum absolute atomic E-state index is 12.3. The number of carbonyl (C=O) groups is 4. The summed E-state index contributed by atoms with van der Waals surface area (Å²) in [5.41, 5.74) is 1.23. The molecule has 26 heavy (non-hydrogen) atoms. The minimum Gasteiger partial charge on any atom is -0.478 e. The molecule has 8 nitrogen and oxygen atoms in total. The topological polar surface area (TPSA) is 99.9 Å². The summed E-state index contributed by atoms with van der Waals surface area (Å²) in [6.45, 7) is 0. The van der Waals surface area contributed by atoms with Gasteiger partial charge in [-0.25, -0.2) is 9.59 Å². The van der Waals surface area contributed by atoms with Crippen LogP contribution in [0.25, 0.3) is 11.8 Å². The number of carboxylic acid groups (broad SMARTS) is 1. The first-order valence-corrected chi connectivity index (χ1v) is 7.64. The number of carbonyl (C=O) groups excluding carboxylic acids is 3. The first-order chi connectivity index (χ1) is 12.3. The first kappa shape index (κ1) is 17.2. The maximum atomic E-state index is 12.3. The fourth-order valence-electron chi connectivity index (χ4n) is 2.63. The van der Waals surface area contributed by atoms with Crippen molar-refractivity contribution in [2.24, 2.45) is 0 Å². The Labute approximate surface area is 148 Å². The van der Waals surface area contributed by atoms with Crippen molar-refractivity contribution in [2.45, 2.75) is 0 Å². The van der Waals surface area contributed by atoms with Gasteiger partial charge in [-0.2, -0.15) is 0 Å². The molecule has 8 heteroatoms. The lowest BCUT2D eigenvalue weighted by molar-refractivity contribution is -0.134. The van der Waals surface area contributed by atoms with Crippen molar-refractivity contribution < 1.29 is 24.3 Å². The van der Waals surface area contributed by atoms with Crippen LogP contribution in [-0.4, -0.2) is 57.4 Å². The molecule has 0 radical (unpaired) electrons. The Kier molecular flexibility index (Phi) is 4.17. The second kappa shape index (κ2) is 6.32. The lowest BCUT2D eigenvalue weighted by Gasteiger charge is -2.28. The number of likely N-dealkylation sites (N-methyl/N-ethyl adjacent to an activating group) is 2. The first-order valence-electron chi connectivity index (χ1n) is 7.64. The Bertz CT molecular complexity index is 929. The normalized spacial score (nSPS) is 14.8. The fraction of sp³-hybridized carbons (Fsp3) is 0.111. The van der Waals surface area contributed by atoms with E-state index in [0.717, 1.165) is 9.80 Å². The largest absolute Gasteiger partial charge is 0.478 e. The lowest BCUT2D eigenvalue weighted by Crippen LogP contribution is -2.52. The summed E-state index contributed by atoms with van der Waals surface area (Å²) in [6.07, 6.45) is 3.13. The summed E-state index contributed by atoms with van der Waals surface area (Å²) in [7, 11) is 2.62. The van der Waals surface area contributed by atoms with Crippen LogP contribution in [0.2, 0.25) is 0 Å². The van der Waals surface area contributed by atoms with E-state index in [2.05, 4.69) is 0 Å². The standard InChI is InChI=1S/C18H15N3O5/c1-19-15(22)14(16(23)20(2)18(19)26)10-13-4-3-9-21(13)12-7-5-11(6-8-12)17(24)25/h3-10H,1-2H3,(H,24,25). The smallest absolute Gasteiger partial charge is 0.335 e. The number of aromatic carboxylic acids is 1. The number of aromatic nitrogens is 1. The van der Waals surface area contributed by atoms with Crippen LogP contribution in [0.5, 0.6) is 0 Å². The van der Waals surface area contributed by atoms with E-state index in [9.17, 15) is 19.2 Å². The zero-order valence-electron chi connectivity index (χ0n) is 14.0. The number of barbiturate groups is 1. The Hall–Kier alpha value is -3.68. The monoisotopic (exact) mass is 353 g/mol. The van der Waals surface area contributed by atoms with Crippen molar-refractivity contribution in [1.82, 2.24) is 14.4 Å². The molecule has 3 rings (SSSR count). The lowest BCUT2D eigenvalue weighted by atomic mass is 10.1. The second-order valence-corrected chi connectivity index (χ2v) is 5.72. The Morgan fingerprint density at radius 2 is 1.54 bits per heavy atom. The predicted molar refractivity (Wildman–Crippen MR) is 91.6 cm³/mol. The second-order valence-electron chi connectivity index (χ2n) is 5.72. The van der Waals surface area contributed by atoms with Gasteiger partial charge in [0, 0.05) is 31.7 Å². The molecule has 1 aromatic carbocycles. The molecule has 1 aliphatic rings. The Morgan fingerprint density at radius 1 is 0.962 bits per heavy atom. The number of rotatable bonds is 3. The molecule has 0 unspecified atom stereocenters. The minimum absolute atomic E-state index is 0.128. The van der Waals surface area contributed by atoms with E-state index in [1.165, 1.54) is 32.3 Å². The molecule has 0 saturated carbocycles. The molecule has 1 aliphatic heterocycles. The van der Waals surface area contributed by atoms with Gasteiger partial charge in [-0.05, 0) is 42.5 Å². The quantitative estimate of drug-likeness (QED) is 0.667. The third-order valence-electron chi connectivity index (χ3n) is 4.11. The van der Waals surface area contributed by atoms with Crippen LogP contribution in [0.1, 0.15) is 16.1 Å². The van der Waals surface area contributed by atoms with Crippen LogP contribution in [0.3, 0.4) is 0 Å². The molecular formula is C18H15N3O5. The van der Waals surface area contributed by atoms with Crippen molar-refractivity contribution in [3.63, 3.8) is 0 Å². The van der Waals surface area contributed by atoms with Gasteiger partial charge in [0.25, 0.3) is 11.8 Å². The zero-order chi connectivity index (χ0) is 19.0. The SMILES string of the molecule is CN1C(=O)C(=Cc2cccn2-c2ccc(C(=O)O)cc2)C(=O)N(C)C1=O. The fourth-order valence-corrected chi connectivity index (χ4v) is 2.63. The third kappa shape index (κ3) is 2.77. The van der Waals surface area contributed by atoms with Gasteiger partial charge in [0.1, 0.15) is 5.57 Å².